The van der Waals surface area contributed by atoms with Crippen molar-refractivity contribution < 1.29 is 17.9 Å². The highest BCUT2D eigenvalue weighted by Gasteiger charge is 2.63. The fourth-order valence-corrected chi connectivity index (χ4v) is 3.23. The van der Waals surface area contributed by atoms with Gasteiger partial charge in [0.25, 0.3) is 0 Å². The zero-order valence-corrected chi connectivity index (χ0v) is 16.6. The van der Waals surface area contributed by atoms with E-state index in [-0.39, 0.29) is 23.6 Å². The van der Waals surface area contributed by atoms with Crippen LogP contribution in [0.1, 0.15) is 43.2 Å². The molecule has 3 rings (SSSR count). The van der Waals surface area contributed by atoms with Crippen LogP contribution in [-0.2, 0) is 10.3 Å². The molecule has 0 aliphatic carbocycles. The number of rotatable bonds is 1. The van der Waals surface area contributed by atoms with Crippen molar-refractivity contribution in [2.24, 2.45) is 10.7 Å². The Labute approximate surface area is 172 Å². The molecule has 1 unspecified atom stereocenters. The third-order valence-electron chi connectivity index (χ3n) is 5.03. The van der Waals surface area contributed by atoms with E-state index in [0.717, 1.165) is 13.0 Å². The third-order valence-corrected chi connectivity index (χ3v) is 5.03. The van der Waals surface area contributed by atoms with Crippen LogP contribution in [0.25, 0.3) is 0 Å². The summed E-state index contributed by atoms with van der Waals surface area (Å²) in [6, 6.07) is 8.65. The van der Waals surface area contributed by atoms with Crippen molar-refractivity contribution >= 4 is 5.84 Å². The van der Waals surface area contributed by atoms with Crippen molar-refractivity contribution in [3.63, 3.8) is 0 Å². The lowest BCUT2D eigenvalue weighted by Gasteiger charge is -2.41. The predicted octanol–water partition coefficient (Wildman–Crippen LogP) is 3.51. The van der Waals surface area contributed by atoms with Gasteiger partial charge in [0.05, 0.1) is 11.6 Å². The summed E-state index contributed by atoms with van der Waals surface area (Å²) < 4.78 is 50.9. The van der Waals surface area contributed by atoms with Crippen molar-refractivity contribution in [2.45, 2.75) is 37.8 Å². The molecule has 154 valence electrons. The molecule has 0 radical (unpaired) electrons. The van der Waals surface area contributed by atoms with Crippen LogP contribution in [0, 0.1) is 29.0 Å². The normalized spacial score (nSPS) is 22.1. The fourth-order valence-electron chi connectivity index (χ4n) is 3.23. The lowest BCUT2D eigenvalue weighted by Crippen LogP contribution is -2.56. The molecule has 1 aromatic carbocycles. The van der Waals surface area contributed by atoms with E-state index in [1.54, 1.807) is 0 Å². The first kappa shape index (κ1) is 21.4. The third kappa shape index (κ3) is 3.62. The van der Waals surface area contributed by atoms with Crippen molar-refractivity contribution in [3.8, 4) is 17.9 Å². The molecule has 0 saturated carbocycles. The van der Waals surface area contributed by atoms with Crippen LogP contribution in [0.15, 0.2) is 41.5 Å². The van der Waals surface area contributed by atoms with Gasteiger partial charge in [0, 0.05) is 17.3 Å². The average molecular weight is 412 g/mol. The number of aliphatic imine (C=N–C) groups is 1. The van der Waals surface area contributed by atoms with Crippen LogP contribution in [0.3, 0.4) is 0 Å². The van der Waals surface area contributed by atoms with Gasteiger partial charge in [-0.1, -0.05) is 5.92 Å². The van der Waals surface area contributed by atoms with Gasteiger partial charge in [0.15, 0.2) is 5.54 Å². The second-order valence-electron chi connectivity index (χ2n) is 7.53. The van der Waals surface area contributed by atoms with E-state index < -0.39 is 22.9 Å². The standard InChI is InChI=1S/C22H19F3N4O/c1-20(2)22(24,25)21(3,29-19(27)13-30-20)17-11-14(5-7-18(17)23)4-6-16-10-15(12-26)8-9-28-16/h5,7-11H,13H2,1-3H3,(H2,27,29). The molecular formula is C22H19F3N4O. The monoisotopic (exact) mass is 412 g/mol. The van der Waals surface area contributed by atoms with Crippen molar-refractivity contribution in [1.29, 1.82) is 5.26 Å². The van der Waals surface area contributed by atoms with Gasteiger partial charge in [-0.25, -0.2) is 18.2 Å². The molecule has 2 heterocycles. The van der Waals surface area contributed by atoms with Crippen LogP contribution in [-0.4, -0.2) is 29.0 Å². The van der Waals surface area contributed by atoms with E-state index in [9.17, 15) is 4.39 Å². The molecule has 5 nitrogen and oxygen atoms in total. The number of pyridine rings is 1. The number of alkyl halides is 2. The topological polar surface area (TPSA) is 84.3 Å². The molecule has 1 aliphatic rings. The summed E-state index contributed by atoms with van der Waals surface area (Å²) in [7, 11) is 0. The SMILES string of the molecule is CC1(C)OCC(N)=NC(C)(c2cc(C#Cc3cc(C#N)ccn3)ccc2F)C1(F)F. The summed E-state index contributed by atoms with van der Waals surface area (Å²) in [6.45, 7) is 3.27. The number of amidine groups is 1. The number of halogens is 3. The van der Waals surface area contributed by atoms with Gasteiger partial charge in [0.2, 0.25) is 0 Å². The summed E-state index contributed by atoms with van der Waals surface area (Å²) in [6.07, 6.45) is 1.44. The van der Waals surface area contributed by atoms with Crippen LogP contribution in [0.5, 0.6) is 0 Å². The summed E-state index contributed by atoms with van der Waals surface area (Å²) in [4.78, 5) is 7.99. The minimum Gasteiger partial charge on any atom is -0.385 e. The zero-order chi connectivity index (χ0) is 22.2. The largest absolute Gasteiger partial charge is 0.385 e. The Morgan fingerprint density at radius 2 is 1.83 bits per heavy atom. The maximum atomic E-state index is 15.5. The van der Waals surface area contributed by atoms with Crippen LogP contribution >= 0.6 is 0 Å². The number of ether oxygens (including phenoxy) is 1. The quantitative estimate of drug-likeness (QED) is 0.727. The maximum Gasteiger partial charge on any atom is 0.304 e. The molecule has 30 heavy (non-hydrogen) atoms. The number of benzene rings is 1. The Bertz CT molecular complexity index is 1130. The first-order chi connectivity index (χ1) is 14.0. The van der Waals surface area contributed by atoms with Gasteiger partial charge in [-0.3, -0.25) is 4.99 Å². The Hall–Kier alpha value is -3.36. The molecule has 0 bridgehead atoms. The molecule has 8 heteroatoms. The number of nitrogens with two attached hydrogens (primary N) is 1. The summed E-state index contributed by atoms with van der Waals surface area (Å²) >= 11 is 0. The molecule has 2 aromatic rings. The van der Waals surface area contributed by atoms with Gasteiger partial charge in [-0.15, -0.1) is 0 Å². The Morgan fingerprint density at radius 1 is 1.10 bits per heavy atom. The van der Waals surface area contributed by atoms with E-state index in [0.29, 0.717) is 11.3 Å². The molecule has 0 spiro atoms. The number of aromatic nitrogens is 1. The van der Waals surface area contributed by atoms with Crippen LogP contribution in [0.2, 0.25) is 0 Å². The first-order valence-corrected chi connectivity index (χ1v) is 9.04. The second kappa shape index (κ2) is 7.47. The summed E-state index contributed by atoms with van der Waals surface area (Å²) in [5.74, 6) is 0.913. The molecule has 0 fully saturated rings. The zero-order valence-electron chi connectivity index (χ0n) is 16.6. The first-order valence-electron chi connectivity index (χ1n) is 9.04. The minimum absolute atomic E-state index is 0.156. The molecule has 2 N–H and O–H groups in total. The minimum atomic E-state index is -3.59. The second-order valence-corrected chi connectivity index (χ2v) is 7.53. The van der Waals surface area contributed by atoms with E-state index in [1.165, 1.54) is 44.3 Å². The lowest BCUT2D eigenvalue weighted by atomic mass is 9.77. The highest BCUT2D eigenvalue weighted by Crippen LogP contribution is 2.50. The Kier molecular flexibility index (Phi) is 5.32. The molecule has 1 aliphatic heterocycles. The van der Waals surface area contributed by atoms with E-state index in [2.05, 4.69) is 21.8 Å². The van der Waals surface area contributed by atoms with Gasteiger partial charge in [0.1, 0.15) is 29.6 Å². The van der Waals surface area contributed by atoms with Crippen molar-refractivity contribution in [2.75, 3.05) is 6.61 Å². The molecule has 0 saturated heterocycles. The lowest BCUT2D eigenvalue weighted by molar-refractivity contribution is -0.214. The van der Waals surface area contributed by atoms with Gasteiger partial charge >= 0.3 is 5.92 Å². The van der Waals surface area contributed by atoms with E-state index in [4.69, 9.17) is 15.7 Å². The number of nitrogens with zero attached hydrogens (tertiary/aromatic N) is 3. The van der Waals surface area contributed by atoms with Gasteiger partial charge < -0.3 is 10.5 Å². The van der Waals surface area contributed by atoms with Crippen molar-refractivity contribution in [3.05, 3.63) is 64.7 Å². The van der Waals surface area contributed by atoms with Crippen LogP contribution < -0.4 is 5.73 Å². The predicted molar refractivity (Wildman–Crippen MR) is 105 cm³/mol. The molecule has 0 amide bonds. The average Bonchev–Trinajstić information content (AvgIpc) is 2.76. The fraction of sp³-hybridized carbons (Fsp3) is 0.318. The number of nitriles is 1. The van der Waals surface area contributed by atoms with Crippen molar-refractivity contribution in [1.82, 2.24) is 4.98 Å². The summed E-state index contributed by atoms with van der Waals surface area (Å²) in [5, 5.41) is 8.95. The van der Waals surface area contributed by atoms with Crippen LogP contribution in [0.4, 0.5) is 13.2 Å². The molecule has 1 atom stereocenters. The highest BCUT2D eigenvalue weighted by molar-refractivity contribution is 5.82. The smallest absolute Gasteiger partial charge is 0.304 e. The molecule has 1 aromatic heterocycles. The Balaban J connectivity index is 2.12. The molecular weight excluding hydrogens is 393 g/mol. The van der Waals surface area contributed by atoms with Gasteiger partial charge in [-0.05, 0) is 57.0 Å². The van der Waals surface area contributed by atoms with Gasteiger partial charge in [-0.2, -0.15) is 5.26 Å². The number of hydrogen-bond donors (Lipinski definition) is 1. The van der Waals surface area contributed by atoms with E-state index >= 15 is 8.78 Å². The summed E-state index contributed by atoms with van der Waals surface area (Å²) in [5.41, 5.74) is 2.13. The number of hydrogen-bond acceptors (Lipinski definition) is 5. The Morgan fingerprint density at radius 3 is 2.53 bits per heavy atom. The maximum absolute atomic E-state index is 15.5. The van der Waals surface area contributed by atoms with E-state index in [1.807, 2.05) is 6.07 Å². The highest BCUT2D eigenvalue weighted by atomic mass is 19.3.